The molecule has 0 amide bonds. The number of ether oxygens (including phenoxy) is 2. The molecule has 1 aromatic heterocycles. The zero-order valence-corrected chi connectivity index (χ0v) is 12.1. The minimum Gasteiger partial charge on any atom is -0.349 e. The summed E-state index contributed by atoms with van der Waals surface area (Å²) in [6.07, 6.45) is -4.99. The summed E-state index contributed by atoms with van der Waals surface area (Å²) in [5.74, 6) is -0.129. The molecule has 23 heavy (non-hydrogen) atoms. The Morgan fingerprint density at radius 1 is 1.22 bits per heavy atom. The third kappa shape index (κ3) is 3.48. The zero-order chi connectivity index (χ0) is 17.2. The predicted octanol–water partition coefficient (Wildman–Crippen LogP) is 3.09. The lowest BCUT2D eigenvalue weighted by Crippen LogP contribution is -2.11. The van der Waals surface area contributed by atoms with E-state index in [1.807, 2.05) is 0 Å². The van der Waals surface area contributed by atoms with Crippen LogP contribution < -0.4 is 0 Å². The second-order valence-corrected chi connectivity index (χ2v) is 4.43. The number of non-ortho nitro benzene ring substituents is 1. The Kier molecular flexibility index (Phi) is 4.66. The van der Waals surface area contributed by atoms with Crippen molar-refractivity contribution in [2.24, 2.45) is 0 Å². The van der Waals surface area contributed by atoms with E-state index in [2.05, 4.69) is 4.98 Å². The van der Waals surface area contributed by atoms with Crippen molar-refractivity contribution in [3.8, 4) is 5.69 Å². The highest BCUT2D eigenvalue weighted by molar-refractivity contribution is 5.42. The molecule has 0 atom stereocenters. The van der Waals surface area contributed by atoms with Gasteiger partial charge in [0, 0.05) is 38.2 Å². The molecule has 0 radical (unpaired) electrons. The van der Waals surface area contributed by atoms with Gasteiger partial charge in [-0.15, -0.1) is 0 Å². The van der Waals surface area contributed by atoms with Crippen LogP contribution in [0.15, 0.2) is 30.5 Å². The Labute approximate surface area is 128 Å². The molecule has 2 aromatic rings. The number of hydrogen-bond acceptors (Lipinski definition) is 5. The molecule has 0 saturated heterocycles. The van der Waals surface area contributed by atoms with Crippen LogP contribution in [0.1, 0.15) is 17.8 Å². The standard InChI is InChI=1S/C13H12F3N3O4/c1-22-12(23-2)11-17-10(13(14,15)16)7-18(11)8-3-5-9(6-4-8)19(20)21/h3-7,12H,1-2H3. The highest BCUT2D eigenvalue weighted by Gasteiger charge is 2.36. The number of benzene rings is 1. The highest BCUT2D eigenvalue weighted by Crippen LogP contribution is 2.32. The van der Waals surface area contributed by atoms with E-state index in [0.717, 1.165) is 10.8 Å². The Hall–Kier alpha value is -2.46. The van der Waals surface area contributed by atoms with Crippen LogP contribution in [0.2, 0.25) is 0 Å². The van der Waals surface area contributed by atoms with Crippen LogP contribution in [0.5, 0.6) is 0 Å². The van der Waals surface area contributed by atoms with E-state index in [0.29, 0.717) is 0 Å². The quantitative estimate of drug-likeness (QED) is 0.478. The maximum Gasteiger partial charge on any atom is 0.434 e. The van der Waals surface area contributed by atoms with Gasteiger partial charge in [-0.3, -0.25) is 14.7 Å². The second kappa shape index (κ2) is 6.34. The average molecular weight is 331 g/mol. The van der Waals surface area contributed by atoms with Crippen LogP contribution in [-0.2, 0) is 15.7 Å². The maximum atomic E-state index is 12.9. The summed E-state index contributed by atoms with van der Waals surface area (Å²) in [5, 5.41) is 10.6. The van der Waals surface area contributed by atoms with Crippen molar-refractivity contribution in [3.63, 3.8) is 0 Å². The summed E-state index contributed by atoms with van der Waals surface area (Å²) < 4.78 is 49.7. The fourth-order valence-corrected chi connectivity index (χ4v) is 1.95. The van der Waals surface area contributed by atoms with Gasteiger partial charge in [0.25, 0.3) is 5.69 Å². The molecule has 124 valence electrons. The molecule has 0 aliphatic heterocycles. The topological polar surface area (TPSA) is 79.4 Å². The van der Waals surface area contributed by atoms with Crippen molar-refractivity contribution >= 4 is 5.69 Å². The first kappa shape index (κ1) is 16.9. The molecular formula is C13H12F3N3O4. The van der Waals surface area contributed by atoms with E-state index < -0.39 is 23.1 Å². The van der Waals surface area contributed by atoms with Gasteiger partial charge < -0.3 is 9.47 Å². The Bertz CT molecular complexity index is 693. The Morgan fingerprint density at radius 2 is 1.78 bits per heavy atom. The van der Waals surface area contributed by atoms with Gasteiger partial charge in [-0.2, -0.15) is 13.2 Å². The van der Waals surface area contributed by atoms with Gasteiger partial charge in [0.1, 0.15) is 0 Å². The van der Waals surface area contributed by atoms with Gasteiger partial charge in [-0.1, -0.05) is 0 Å². The summed E-state index contributed by atoms with van der Waals surface area (Å²) in [6.45, 7) is 0. The van der Waals surface area contributed by atoms with Crippen molar-refractivity contribution in [2.75, 3.05) is 14.2 Å². The van der Waals surface area contributed by atoms with Crippen molar-refractivity contribution in [3.05, 3.63) is 52.1 Å². The van der Waals surface area contributed by atoms with E-state index in [1.54, 1.807) is 0 Å². The van der Waals surface area contributed by atoms with E-state index in [9.17, 15) is 23.3 Å². The molecule has 0 unspecified atom stereocenters. The number of aromatic nitrogens is 2. The van der Waals surface area contributed by atoms with Gasteiger partial charge in [0.05, 0.1) is 4.92 Å². The monoisotopic (exact) mass is 331 g/mol. The van der Waals surface area contributed by atoms with Crippen molar-refractivity contribution in [1.29, 1.82) is 0 Å². The molecule has 0 saturated carbocycles. The maximum absolute atomic E-state index is 12.9. The van der Waals surface area contributed by atoms with E-state index in [4.69, 9.17) is 9.47 Å². The molecule has 1 aromatic carbocycles. The minimum atomic E-state index is -4.65. The lowest BCUT2D eigenvalue weighted by molar-refractivity contribution is -0.384. The number of rotatable bonds is 5. The number of nitrogens with zero attached hydrogens (tertiary/aromatic N) is 3. The molecule has 0 aliphatic carbocycles. The summed E-state index contributed by atoms with van der Waals surface area (Å²) in [4.78, 5) is 13.6. The molecule has 7 nitrogen and oxygen atoms in total. The highest BCUT2D eigenvalue weighted by atomic mass is 19.4. The summed E-state index contributed by atoms with van der Waals surface area (Å²) in [5.41, 5.74) is -1.04. The average Bonchev–Trinajstić information content (AvgIpc) is 2.94. The van der Waals surface area contributed by atoms with Crippen LogP contribution in [0, 0.1) is 10.1 Å². The Balaban J connectivity index is 2.54. The number of methoxy groups -OCH3 is 2. The first-order valence-electron chi connectivity index (χ1n) is 6.24. The van der Waals surface area contributed by atoms with Crippen LogP contribution >= 0.6 is 0 Å². The first-order chi connectivity index (χ1) is 10.8. The van der Waals surface area contributed by atoms with E-state index in [1.165, 1.54) is 38.5 Å². The molecule has 1 heterocycles. The van der Waals surface area contributed by atoms with E-state index >= 15 is 0 Å². The van der Waals surface area contributed by atoms with Crippen LogP contribution in [0.3, 0.4) is 0 Å². The summed E-state index contributed by atoms with van der Waals surface area (Å²) >= 11 is 0. The summed E-state index contributed by atoms with van der Waals surface area (Å²) in [6, 6.07) is 4.99. The smallest absolute Gasteiger partial charge is 0.349 e. The number of hydrogen-bond donors (Lipinski definition) is 0. The number of halogens is 3. The molecule has 0 spiro atoms. The first-order valence-corrected chi connectivity index (χ1v) is 6.24. The zero-order valence-electron chi connectivity index (χ0n) is 12.1. The van der Waals surface area contributed by atoms with Gasteiger partial charge in [-0.25, -0.2) is 4.98 Å². The molecule has 0 fully saturated rings. The lowest BCUT2D eigenvalue weighted by Gasteiger charge is -2.14. The van der Waals surface area contributed by atoms with Gasteiger partial charge >= 0.3 is 6.18 Å². The lowest BCUT2D eigenvalue weighted by atomic mass is 10.3. The van der Waals surface area contributed by atoms with E-state index in [-0.39, 0.29) is 17.2 Å². The predicted molar refractivity (Wildman–Crippen MR) is 72.0 cm³/mol. The number of alkyl halides is 3. The fraction of sp³-hybridized carbons (Fsp3) is 0.308. The number of nitro benzene ring substituents is 1. The second-order valence-electron chi connectivity index (χ2n) is 4.43. The van der Waals surface area contributed by atoms with Gasteiger partial charge in [0.2, 0.25) is 6.29 Å². The van der Waals surface area contributed by atoms with Crippen LogP contribution in [-0.4, -0.2) is 28.7 Å². The molecular weight excluding hydrogens is 319 g/mol. The molecule has 2 rings (SSSR count). The van der Waals surface area contributed by atoms with Crippen molar-refractivity contribution in [2.45, 2.75) is 12.5 Å². The SMILES string of the molecule is COC(OC)c1nc(C(F)(F)F)cn1-c1ccc([N+](=O)[O-])cc1. The third-order valence-corrected chi connectivity index (χ3v) is 3.00. The summed E-state index contributed by atoms with van der Waals surface area (Å²) in [7, 11) is 2.52. The van der Waals surface area contributed by atoms with Gasteiger partial charge in [0.15, 0.2) is 11.5 Å². The normalized spacial score (nSPS) is 11.9. The number of nitro groups is 1. The number of imidazole rings is 1. The molecule has 0 bridgehead atoms. The molecule has 0 aliphatic rings. The third-order valence-electron chi connectivity index (χ3n) is 3.00. The minimum absolute atomic E-state index is 0.129. The fourth-order valence-electron chi connectivity index (χ4n) is 1.95. The van der Waals surface area contributed by atoms with Crippen molar-refractivity contribution in [1.82, 2.24) is 9.55 Å². The van der Waals surface area contributed by atoms with Crippen LogP contribution in [0.25, 0.3) is 5.69 Å². The van der Waals surface area contributed by atoms with Gasteiger partial charge in [-0.05, 0) is 12.1 Å². The van der Waals surface area contributed by atoms with Crippen LogP contribution in [0.4, 0.5) is 18.9 Å². The largest absolute Gasteiger partial charge is 0.434 e. The van der Waals surface area contributed by atoms with Crippen molar-refractivity contribution < 1.29 is 27.6 Å². The Morgan fingerprint density at radius 3 is 2.22 bits per heavy atom. The molecule has 0 N–H and O–H groups in total. The molecule has 10 heteroatoms.